The molecule has 1 atom stereocenters. The van der Waals surface area contributed by atoms with Crippen molar-refractivity contribution in [1.82, 2.24) is 5.32 Å². The van der Waals surface area contributed by atoms with Crippen LogP contribution in [0.1, 0.15) is 128 Å². The molecular formula is C37H60N2O6. The maximum atomic E-state index is 13.6. The highest BCUT2D eigenvalue weighted by molar-refractivity contribution is 6.00. The summed E-state index contributed by atoms with van der Waals surface area (Å²) >= 11 is 0. The maximum Gasteiger partial charge on any atom is 0.336 e. The third-order valence-corrected chi connectivity index (χ3v) is 8.35. The predicted molar refractivity (Wildman–Crippen MR) is 181 cm³/mol. The van der Waals surface area contributed by atoms with Crippen molar-refractivity contribution in [2.24, 2.45) is 5.73 Å². The first-order valence-corrected chi connectivity index (χ1v) is 17.4. The fraction of sp³-hybridized carbons (Fsp3) is 0.676. The Morgan fingerprint density at radius 1 is 0.822 bits per heavy atom. The number of nitrogens with one attached hydrogen (secondary N) is 1. The van der Waals surface area contributed by atoms with E-state index in [9.17, 15) is 9.59 Å². The lowest BCUT2D eigenvalue weighted by molar-refractivity contribution is -0.139. The van der Waals surface area contributed by atoms with Gasteiger partial charge in [-0.25, -0.2) is 9.59 Å². The number of aryl methyl sites for hydroxylation is 1. The van der Waals surface area contributed by atoms with Crippen molar-refractivity contribution in [3.8, 4) is 5.75 Å². The minimum atomic E-state index is -0.742. The van der Waals surface area contributed by atoms with Crippen LogP contribution in [0.3, 0.4) is 0 Å². The summed E-state index contributed by atoms with van der Waals surface area (Å²) in [6.07, 6.45) is 17.5. The van der Waals surface area contributed by atoms with E-state index in [1.807, 2.05) is 26.0 Å². The number of dihydropyridines is 1. The lowest BCUT2D eigenvalue weighted by Gasteiger charge is -2.33. The highest BCUT2D eigenvalue weighted by atomic mass is 16.5. The van der Waals surface area contributed by atoms with Gasteiger partial charge in [0.15, 0.2) is 0 Å². The van der Waals surface area contributed by atoms with Crippen LogP contribution in [0.4, 0.5) is 0 Å². The van der Waals surface area contributed by atoms with Gasteiger partial charge in [-0.15, -0.1) is 0 Å². The smallest absolute Gasteiger partial charge is 0.336 e. The molecule has 0 radical (unpaired) electrons. The second-order valence-electron chi connectivity index (χ2n) is 11.8. The summed E-state index contributed by atoms with van der Waals surface area (Å²) in [5.41, 5.74) is 9.37. The van der Waals surface area contributed by atoms with Crippen LogP contribution in [-0.2, 0) is 30.2 Å². The third kappa shape index (κ3) is 12.5. The molecule has 1 heterocycles. The van der Waals surface area contributed by atoms with E-state index in [2.05, 4.69) is 18.3 Å². The van der Waals surface area contributed by atoms with Gasteiger partial charge >= 0.3 is 11.9 Å². The van der Waals surface area contributed by atoms with Crippen molar-refractivity contribution < 1.29 is 28.5 Å². The van der Waals surface area contributed by atoms with Crippen LogP contribution in [0.2, 0.25) is 0 Å². The molecule has 0 amide bonds. The highest BCUT2D eigenvalue weighted by Gasteiger charge is 2.41. The van der Waals surface area contributed by atoms with Gasteiger partial charge in [-0.1, -0.05) is 96.1 Å². The molecule has 45 heavy (non-hydrogen) atoms. The second-order valence-corrected chi connectivity index (χ2v) is 11.8. The molecule has 254 valence electrons. The number of esters is 2. The number of nitrogens with two attached hydrogens (primary N) is 1. The number of allylic oxidation sites excluding steroid dienone is 1. The molecule has 3 N–H and O–H groups in total. The fourth-order valence-corrected chi connectivity index (χ4v) is 6.14. The first kappa shape index (κ1) is 38.3. The van der Waals surface area contributed by atoms with Gasteiger partial charge in [0.1, 0.15) is 5.75 Å². The van der Waals surface area contributed by atoms with Gasteiger partial charge in [0.25, 0.3) is 0 Å². The van der Waals surface area contributed by atoms with Crippen molar-refractivity contribution >= 4 is 11.9 Å². The van der Waals surface area contributed by atoms with Crippen LogP contribution < -0.4 is 15.8 Å². The van der Waals surface area contributed by atoms with Crippen molar-refractivity contribution in [2.75, 3.05) is 40.1 Å². The first-order chi connectivity index (χ1) is 21.9. The SMILES string of the molecule is CCCCCCCCCCCCCCCc1cccc(OCC)c1C1C(C(=O)OC)=C(C)NC(COCCN)=C1C(=O)OCC. The Kier molecular flexibility index (Phi) is 19.3. The number of benzene rings is 1. The highest BCUT2D eigenvalue weighted by Crippen LogP contribution is 2.45. The number of ether oxygens (including phenoxy) is 4. The van der Waals surface area contributed by atoms with Crippen LogP contribution in [0.15, 0.2) is 40.7 Å². The Morgan fingerprint density at radius 2 is 1.44 bits per heavy atom. The second kappa shape index (κ2) is 22.6. The van der Waals surface area contributed by atoms with E-state index in [0.29, 0.717) is 48.0 Å². The summed E-state index contributed by atoms with van der Waals surface area (Å²) in [5, 5.41) is 3.25. The largest absolute Gasteiger partial charge is 0.494 e. The fourth-order valence-electron chi connectivity index (χ4n) is 6.14. The summed E-state index contributed by atoms with van der Waals surface area (Å²) in [5.74, 6) is -1.11. The topological polar surface area (TPSA) is 109 Å². The molecule has 0 saturated carbocycles. The minimum absolute atomic E-state index is 0.124. The Balaban J connectivity index is 2.28. The molecule has 8 nitrogen and oxygen atoms in total. The molecule has 0 bridgehead atoms. The van der Waals surface area contributed by atoms with Crippen molar-refractivity contribution in [3.05, 3.63) is 51.9 Å². The minimum Gasteiger partial charge on any atom is -0.494 e. The number of hydrogen-bond acceptors (Lipinski definition) is 8. The summed E-state index contributed by atoms with van der Waals surface area (Å²) in [6, 6.07) is 5.98. The summed E-state index contributed by atoms with van der Waals surface area (Å²) in [4.78, 5) is 27.0. The van der Waals surface area contributed by atoms with Gasteiger partial charge in [0.05, 0.1) is 56.3 Å². The van der Waals surface area contributed by atoms with Crippen LogP contribution in [0.5, 0.6) is 5.75 Å². The van der Waals surface area contributed by atoms with E-state index in [0.717, 1.165) is 30.4 Å². The van der Waals surface area contributed by atoms with Crippen molar-refractivity contribution in [3.63, 3.8) is 0 Å². The molecule has 1 unspecified atom stereocenters. The van der Waals surface area contributed by atoms with Gasteiger partial charge < -0.3 is 30.0 Å². The number of hydrogen-bond donors (Lipinski definition) is 2. The number of carbonyl (C=O) groups is 2. The summed E-state index contributed by atoms with van der Waals surface area (Å²) in [6.45, 7) is 9.23. The zero-order valence-electron chi connectivity index (χ0n) is 28.8. The van der Waals surface area contributed by atoms with Gasteiger partial charge in [-0.05, 0) is 45.2 Å². The molecule has 0 saturated heterocycles. The molecule has 8 heteroatoms. The molecule has 1 aromatic carbocycles. The molecule has 0 spiro atoms. The quantitative estimate of drug-likeness (QED) is 0.0888. The van der Waals surface area contributed by atoms with E-state index in [1.165, 1.54) is 77.7 Å². The third-order valence-electron chi connectivity index (χ3n) is 8.35. The standard InChI is InChI=1S/C37H60N2O6/c1-6-9-10-11-12-13-14-15-16-17-18-19-20-22-29-23-21-24-31(44-7-2)33(29)35-32(36(40)42-5)28(4)39-30(27-43-26-25-38)34(35)37(41)45-8-3/h21,23-24,35,39H,6-20,22,25-27,38H2,1-5H3. The average Bonchev–Trinajstić information content (AvgIpc) is 3.03. The number of rotatable bonds is 24. The molecule has 0 aliphatic carbocycles. The van der Waals surface area contributed by atoms with Crippen LogP contribution in [0.25, 0.3) is 0 Å². The molecule has 1 aromatic rings. The normalized spacial score (nSPS) is 14.8. The Hall–Kier alpha value is -2.84. The van der Waals surface area contributed by atoms with Crippen LogP contribution in [-0.4, -0.2) is 52.0 Å². The Labute approximate surface area is 272 Å². The van der Waals surface area contributed by atoms with Crippen molar-refractivity contribution in [2.45, 2.75) is 124 Å². The lowest BCUT2D eigenvalue weighted by Crippen LogP contribution is -2.35. The summed E-state index contributed by atoms with van der Waals surface area (Å²) < 4.78 is 22.7. The van der Waals surface area contributed by atoms with Crippen LogP contribution >= 0.6 is 0 Å². The van der Waals surface area contributed by atoms with Crippen LogP contribution in [0, 0.1) is 0 Å². The number of methoxy groups -OCH3 is 1. The predicted octanol–water partition coefficient (Wildman–Crippen LogP) is 7.65. The maximum absolute atomic E-state index is 13.6. The molecule has 1 aliphatic heterocycles. The summed E-state index contributed by atoms with van der Waals surface area (Å²) in [7, 11) is 1.36. The van der Waals surface area contributed by atoms with E-state index < -0.39 is 17.9 Å². The van der Waals surface area contributed by atoms with Gasteiger partial charge in [-0.2, -0.15) is 0 Å². The monoisotopic (exact) mass is 628 g/mol. The molecular weight excluding hydrogens is 568 g/mol. The van der Waals surface area contributed by atoms with E-state index in [4.69, 9.17) is 24.7 Å². The van der Waals surface area contributed by atoms with E-state index >= 15 is 0 Å². The lowest BCUT2D eigenvalue weighted by atomic mass is 9.77. The molecule has 0 aromatic heterocycles. The zero-order valence-corrected chi connectivity index (χ0v) is 28.8. The van der Waals surface area contributed by atoms with E-state index in [1.54, 1.807) is 6.92 Å². The van der Waals surface area contributed by atoms with Gasteiger partial charge in [-0.3, -0.25) is 0 Å². The first-order valence-electron chi connectivity index (χ1n) is 17.4. The van der Waals surface area contributed by atoms with Crippen molar-refractivity contribution in [1.29, 1.82) is 0 Å². The van der Waals surface area contributed by atoms with Gasteiger partial charge in [0.2, 0.25) is 0 Å². The van der Waals surface area contributed by atoms with Gasteiger partial charge in [0, 0.05) is 17.8 Å². The molecule has 2 rings (SSSR count). The average molecular weight is 629 g/mol. The molecule has 1 aliphatic rings. The zero-order chi connectivity index (χ0) is 32.9. The van der Waals surface area contributed by atoms with E-state index in [-0.39, 0.29) is 13.2 Å². The molecule has 0 fully saturated rings. The number of unbranched alkanes of at least 4 members (excludes halogenated alkanes) is 12. The Bertz CT molecular complexity index is 1100. The number of carbonyl (C=O) groups excluding carboxylic acids is 2. The Morgan fingerprint density at radius 3 is 2.00 bits per heavy atom.